The zero-order chi connectivity index (χ0) is 13.2. The van der Waals surface area contributed by atoms with E-state index in [-0.39, 0.29) is 5.78 Å². The van der Waals surface area contributed by atoms with Gasteiger partial charge in [-0.25, -0.2) is 0 Å². The molecule has 0 aliphatic heterocycles. The van der Waals surface area contributed by atoms with Crippen molar-refractivity contribution < 1.29 is 4.79 Å². The molecule has 1 heterocycles. The van der Waals surface area contributed by atoms with Crippen LogP contribution in [0.5, 0.6) is 0 Å². The van der Waals surface area contributed by atoms with E-state index in [1.54, 1.807) is 0 Å². The lowest BCUT2D eigenvalue weighted by molar-refractivity contribution is 0.0994. The average Bonchev–Trinajstić information content (AvgIpc) is 3.04. The number of hydrogen-bond acceptors (Lipinski definition) is 2. The van der Waals surface area contributed by atoms with Crippen molar-refractivity contribution in [2.45, 2.75) is 39.2 Å². The first-order valence-corrected chi connectivity index (χ1v) is 6.97. The second-order valence-electron chi connectivity index (χ2n) is 5.10. The van der Waals surface area contributed by atoms with Crippen molar-refractivity contribution in [1.82, 2.24) is 9.78 Å². The molecular weight excluding hydrogens is 236 g/mol. The van der Waals surface area contributed by atoms with Crippen molar-refractivity contribution in [2.24, 2.45) is 0 Å². The predicted octanol–water partition coefficient (Wildman–Crippen LogP) is 3.48. The summed E-state index contributed by atoms with van der Waals surface area (Å²) in [7, 11) is 0. The number of aromatic nitrogens is 2. The molecule has 0 bridgehead atoms. The Balaban J connectivity index is 1.95. The van der Waals surface area contributed by atoms with Gasteiger partial charge in [-0.2, -0.15) is 5.10 Å². The third-order valence-electron chi connectivity index (χ3n) is 3.76. The molecular formula is C16H18N2O. The fourth-order valence-electron chi connectivity index (χ4n) is 2.71. The van der Waals surface area contributed by atoms with E-state index in [0.29, 0.717) is 6.42 Å². The summed E-state index contributed by atoms with van der Waals surface area (Å²) in [5, 5.41) is 4.41. The number of nitrogens with zero attached hydrogens (tertiary/aromatic N) is 2. The highest BCUT2D eigenvalue weighted by Crippen LogP contribution is 2.32. The van der Waals surface area contributed by atoms with Gasteiger partial charge in [0.25, 0.3) is 0 Å². The van der Waals surface area contributed by atoms with Gasteiger partial charge in [-0.3, -0.25) is 9.48 Å². The van der Waals surface area contributed by atoms with E-state index in [1.807, 2.05) is 23.0 Å². The molecule has 0 radical (unpaired) electrons. The van der Waals surface area contributed by atoms with Gasteiger partial charge in [0.15, 0.2) is 5.78 Å². The zero-order valence-electron chi connectivity index (χ0n) is 11.2. The second kappa shape index (κ2) is 5.00. The fourth-order valence-corrected chi connectivity index (χ4v) is 2.71. The van der Waals surface area contributed by atoms with Gasteiger partial charge in [-0.1, -0.05) is 31.5 Å². The number of carbonyl (C=O) groups excluding carboxylic acids is 1. The van der Waals surface area contributed by atoms with E-state index in [2.05, 4.69) is 24.3 Å². The summed E-state index contributed by atoms with van der Waals surface area (Å²) >= 11 is 0. The Morgan fingerprint density at radius 1 is 1.26 bits per heavy atom. The third-order valence-corrected chi connectivity index (χ3v) is 3.76. The van der Waals surface area contributed by atoms with Crippen LogP contribution in [-0.2, 0) is 13.0 Å². The molecule has 0 fully saturated rings. The minimum Gasteiger partial charge on any atom is -0.294 e. The van der Waals surface area contributed by atoms with Crippen molar-refractivity contribution in [2.75, 3.05) is 0 Å². The first-order chi connectivity index (χ1) is 9.29. The van der Waals surface area contributed by atoms with Crippen LogP contribution in [0.2, 0.25) is 0 Å². The molecule has 1 aromatic heterocycles. The van der Waals surface area contributed by atoms with Crippen molar-refractivity contribution in [3.05, 3.63) is 41.7 Å². The fraction of sp³-hybridized carbons (Fsp3) is 0.375. The molecule has 98 valence electrons. The Kier molecular flexibility index (Phi) is 3.20. The van der Waals surface area contributed by atoms with E-state index in [9.17, 15) is 4.79 Å². The Morgan fingerprint density at radius 2 is 2.11 bits per heavy atom. The molecule has 0 N–H and O–H groups in total. The number of carbonyl (C=O) groups is 1. The maximum absolute atomic E-state index is 11.8. The SMILES string of the molecule is CCCCn1cc(-c2cccc3c2CCC3=O)cn1. The molecule has 1 aromatic carbocycles. The summed E-state index contributed by atoms with van der Waals surface area (Å²) in [5.41, 5.74) is 4.40. The largest absolute Gasteiger partial charge is 0.294 e. The highest BCUT2D eigenvalue weighted by Gasteiger charge is 2.22. The molecule has 2 aromatic rings. The van der Waals surface area contributed by atoms with E-state index in [4.69, 9.17) is 0 Å². The van der Waals surface area contributed by atoms with Crippen LogP contribution in [0.15, 0.2) is 30.6 Å². The molecule has 1 aliphatic carbocycles. The van der Waals surface area contributed by atoms with Gasteiger partial charge in [0, 0.05) is 30.3 Å². The number of rotatable bonds is 4. The van der Waals surface area contributed by atoms with Gasteiger partial charge >= 0.3 is 0 Å². The van der Waals surface area contributed by atoms with Gasteiger partial charge in [0.1, 0.15) is 0 Å². The van der Waals surface area contributed by atoms with Crippen LogP contribution in [-0.4, -0.2) is 15.6 Å². The van der Waals surface area contributed by atoms with E-state index >= 15 is 0 Å². The van der Waals surface area contributed by atoms with Gasteiger partial charge in [-0.15, -0.1) is 0 Å². The van der Waals surface area contributed by atoms with Crippen LogP contribution < -0.4 is 0 Å². The summed E-state index contributed by atoms with van der Waals surface area (Å²) < 4.78 is 2.00. The van der Waals surface area contributed by atoms with E-state index in [1.165, 1.54) is 17.5 Å². The maximum atomic E-state index is 11.8. The Labute approximate surface area is 113 Å². The van der Waals surface area contributed by atoms with Crippen LogP contribution >= 0.6 is 0 Å². The molecule has 0 atom stereocenters. The highest BCUT2D eigenvalue weighted by molar-refractivity contribution is 6.02. The van der Waals surface area contributed by atoms with Crippen LogP contribution in [0.4, 0.5) is 0 Å². The summed E-state index contributed by atoms with van der Waals surface area (Å²) in [6.45, 7) is 3.14. The molecule has 3 rings (SSSR count). The molecule has 3 nitrogen and oxygen atoms in total. The normalized spacial score (nSPS) is 13.8. The zero-order valence-corrected chi connectivity index (χ0v) is 11.2. The van der Waals surface area contributed by atoms with E-state index < -0.39 is 0 Å². The van der Waals surface area contributed by atoms with Crippen molar-refractivity contribution in [1.29, 1.82) is 0 Å². The lowest BCUT2D eigenvalue weighted by Crippen LogP contribution is -1.97. The molecule has 0 amide bonds. The molecule has 0 unspecified atom stereocenters. The molecule has 3 heteroatoms. The van der Waals surface area contributed by atoms with Crippen LogP contribution in [0, 0.1) is 0 Å². The highest BCUT2D eigenvalue weighted by atomic mass is 16.1. The molecule has 19 heavy (non-hydrogen) atoms. The lowest BCUT2D eigenvalue weighted by atomic mass is 9.99. The van der Waals surface area contributed by atoms with Crippen LogP contribution in [0.1, 0.15) is 42.1 Å². The quantitative estimate of drug-likeness (QED) is 0.837. The number of unbranched alkanes of at least 4 members (excludes halogenated alkanes) is 1. The molecule has 0 spiro atoms. The second-order valence-corrected chi connectivity index (χ2v) is 5.10. The molecule has 0 saturated heterocycles. The maximum Gasteiger partial charge on any atom is 0.163 e. The van der Waals surface area contributed by atoms with E-state index in [0.717, 1.165) is 30.5 Å². The number of aryl methyl sites for hydroxylation is 1. The molecule has 0 saturated carbocycles. The third kappa shape index (κ3) is 2.21. The molecule has 1 aliphatic rings. The number of fused-ring (bicyclic) bond motifs is 1. The van der Waals surface area contributed by atoms with Gasteiger partial charge in [-0.05, 0) is 24.0 Å². The Morgan fingerprint density at radius 3 is 2.95 bits per heavy atom. The van der Waals surface area contributed by atoms with Gasteiger partial charge < -0.3 is 0 Å². The Hall–Kier alpha value is -1.90. The standard InChI is InChI=1S/C16H18N2O/c1-2-3-9-18-11-12(10-17-18)13-5-4-6-15-14(13)7-8-16(15)19/h4-6,10-11H,2-3,7-9H2,1H3. The summed E-state index contributed by atoms with van der Waals surface area (Å²) in [5.74, 6) is 0.273. The summed E-state index contributed by atoms with van der Waals surface area (Å²) in [4.78, 5) is 11.8. The Bertz CT molecular complexity index is 613. The van der Waals surface area contributed by atoms with Crippen LogP contribution in [0.3, 0.4) is 0 Å². The van der Waals surface area contributed by atoms with Gasteiger partial charge in [0.2, 0.25) is 0 Å². The summed E-state index contributed by atoms with van der Waals surface area (Å²) in [6.07, 6.45) is 7.83. The number of Topliss-reactive ketones (excluding diaryl/α,β-unsaturated/α-hetero) is 1. The number of ketones is 1. The number of hydrogen-bond donors (Lipinski definition) is 0. The van der Waals surface area contributed by atoms with Crippen LogP contribution in [0.25, 0.3) is 11.1 Å². The average molecular weight is 254 g/mol. The lowest BCUT2D eigenvalue weighted by Gasteiger charge is -2.05. The minimum absolute atomic E-state index is 0.273. The minimum atomic E-state index is 0.273. The van der Waals surface area contributed by atoms with Crippen molar-refractivity contribution in [3.63, 3.8) is 0 Å². The summed E-state index contributed by atoms with van der Waals surface area (Å²) in [6, 6.07) is 6.01. The predicted molar refractivity (Wildman–Crippen MR) is 75.2 cm³/mol. The monoisotopic (exact) mass is 254 g/mol. The smallest absolute Gasteiger partial charge is 0.163 e. The number of benzene rings is 1. The van der Waals surface area contributed by atoms with Gasteiger partial charge in [0.05, 0.1) is 6.20 Å². The first kappa shape index (κ1) is 12.2. The first-order valence-electron chi connectivity index (χ1n) is 6.97. The topological polar surface area (TPSA) is 34.9 Å². The van der Waals surface area contributed by atoms with Crippen molar-refractivity contribution in [3.8, 4) is 11.1 Å². The van der Waals surface area contributed by atoms with Crippen molar-refractivity contribution >= 4 is 5.78 Å².